The number of nitrogens with one attached hydrogen (secondary N) is 1. The third-order valence-corrected chi connectivity index (χ3v) is 3.06. The monoisotopic (exact) mass is 356 g/mol. The molecule has 0 unspecified atom stereocenters. The van der Waals surface area contributed by atoms with Gasteiger partial charge in [0.15, 0.2) is 6.61 Å². The van der Waals surface area contributed by atoms with Gasteiger partial charge in [-0.1, -0.05) is 35.9 Å². The Kier molecular flexibility index (Phi) is 5.81. The molecule has 0 saturated heterocycles. The maximum Gasteiger partial charge on any atom is 0.417 e. The molecule has 2 rings (SSSR count). The minimum Gasteiger partial charge on any atom is -0.484 e. The predicted octanol–water partition coefficient (Wildman–Crippen LogP) is 3.89. The number of benzene rings is 2. The topological polar surface area (TPSA) is 50.7 Å². The lowest BCUT2D eigenvalue weighted by molar-refractivity contribution is -0.137. The summed E-state index contributed by atoms with van der Waals surface area (Å²) in [6.07, 6.45) is -3.57. The average molecular weight is 357 g/mol. The van der Waals surface area contributed by atoms with Crippen LogP contribution in [0.25, 0.3) is 0 Å². The Hall–Kier alpha value is -2.54. The van der Waals surface area contributed by atoms with Gasteiger partial charge in [0, 0.05) is 10.6 Å². The maximum atomic E-state index is 12.8. The van der Waals surface area contributed by atoms with Crippen molar-refractivity contribution in [1.82, 2.24) is 5.43 Å². The third kappa shape index (κ3) is 5.27. The minimum absolute atomic E-state index is 0.152. The lowest BCUT2D eigenvalue weighted by atomic mass is 10.1. The van der Waals surface area contributed by atoms with Crippen molar-refractivity contribution in [2.24, 2.45) is 5.10 Å². The zero-order chi connectivity index (χ0) is 17.6. The normalized spacial score (nSPS) is 11.5. The van der Waals surface area contributed by atoms with Crippen molar-refractivity contribution < 1.29 is 22.7 Å². The van der Waals surface area contributed by atoms with Gasteiger partial charge in [-0.15, -0.1) is 0 Å². The summed E-state index contributed by atoms with van der Waals surface area (Å²) in [5, 5.41) is 3.97. The standard InChI is InChI=1S/C16H12ClF3N2O2/c17-12-5-3-6-13(8-12)24-10-15(23)22-21-9-11-4-1-2-7-14(11)16(18,19)20/h1-9H,10H2,(H,22,23). The lowest BCUT2D eigenvalue weighted by Crippen LogP contribution is -2.24. The van der Waals surface area contributed by atoms with E-state index in [1.165, 1.54) is 24.3 Å². The summed E-state index contributed by atoms with van der Waals surface area (Å²) < 4.78 is 43.6. The molecule has 2 aromatic rings. The van der Waals surface area contributed by atoms with Crippen molar-refractivity contribution in [3.8, 4) is 5.75 Å². The number of ether oxygens (including phenoxy) is 1. The molecule has 8 heteroatoms. The van der Waals surface area contributed by atoms with Crippen LogP contribution in [0.3, 0.4) is 0 Å². The van der Waals surface area contributed by atoms with Crippen molar-refractivity contribution in [2.45, 2.75) is 6.18 Å². The molecular formula is C16H12ClF3N2O2. The van der Waals surface area contributed by atoms with Gasteiger partial charge in [-0.05, 0) is 24.3 Å². The molecule has 4 nitrogen and oxygen atoms in total. The molecular weight excluding hydrogens is 345 g/mol. The van der Waals surface area contributed by atoms with Crippen LogP contribution in [0.15, 0.2) is 53.6 Å². The highest BCUT2D eigenvalue weighted by Gasteiger charge is 2.32. The molecule has 0 radical (unpaired) electrons. The summed E-state index contributed by atoms with van der Waals surface area (Å²) in [5.41, 5.74) is 1.11. The molecule has 0 aliphatic heterocycles. The SMILES string of the molecule is O=C(COc1cccc(Cl)c1)NN=Cc1ccccc1C(F)(F)F. The minimum atomic E-state index is -4.50. The van der Waals surface area contributed by atoms with E-state index in [1.807, 2.05) is 0 Å². The molecule has 0 atom stereocenters. The average Bonchev–Trinajstić information content (AvgIpc) is 2.52. The second-order valence-electron chi connectivity index (χ2n) is 4.62. The van der Waals surface area contributed by atoms with Crippen LogP contribution in [0.4, 0.5) is 13.2 Å². The first-order chi connectivity index (χ1) is 11.4. The predicted molar refractivity (Wildman–Crippen MR) is 84.1 cm³/mol. The molecule has 2 aromatic carbocycles. The first-order valence-electron chi connectivity index (χ1n) is 6.73. The highest BCUT2D eigenvalue weighted by Crippen LogP contribution is 2.31. The Morgan fingerprint density at radius 1 is 1.21 bits per heavy atom. The van der Waals surface area contributed by atoms with Crippen LogP contribution in [0.2, 0.25) is 5.02 Å². The zero-order valence-electron chi connectivity index (χ0n) is 12.2. The van der Waals surface area contributed by atoms with E-state index in [2.05, 4.69) is 10.5 Å². The first kappa shape index (κ1) is 17.8. The molecule has 1 N–H and O–H groups in total. The Morgan fingerprint density at radius 3 is 2.67 bits per heavy atom. The van der Waals surface area contributed by atoms with E-state index >= 15 is 0 Å². The Balaban J connectivity index is 1.91. The molecule has 1 amide bonds. The number of alkyl halides is 3. The molecule has 0 saturated carbocycles. The van der Waals surface area contributed by atoms with Gasteiger partial charge < -0.3 is 4.74 Å². The summed E-state index contributed by atoms with van der Waals surface area (Å²) in [6, 6.07) is 11.4. The van der Waals surface area contributed by atoms with E-state index in [-0.39, 0.29) is 12.2 Å². The molecule has 0 aliphatic carbocycles. The van der Waals surface area contributed by atoms with Crippen molar-refractivity contribution in [1.29, 1.82) is 0 Å². The van der Waals surface area contributed by atoms with Gasteiger partial charge in [0.1, 0.15) is 5.75 Å². The number of rotatable bonds is 5. The van der Waals surface area contributed by atoms with E-state index in [0.717, 1.165) is 12.3 Å². The summed E-state index contributed by atoms with van der Waals surface area (Å²) >= 11 is 5.77. The van der Waals surface area contributed by atoms with Crippen LogP contribution >= 0.6 is 11.6 Å². The Morgan fingerprint density at radius 2 is 1.96 bits per heavy atom. The van der Waals surface area contributed by atoms with Gasteiger partial charge in [-0.25, -0.2) is 5.43 Å². The van der Waals surface area contributed by atoms with Crippen LogP contribution in [0.1, 0.15) is 11.1 Å². The third-order valence-electron chi connectivity index (χ3n) is 2.83. The van der Waals surface area contributed by atoms with Gasteiger partial charge in [-0.3, -0.25) is 4.79 Å². The molecule has 0 spiro atoms. The summed E-state index contributed by atoms with van der Waals surface area (Å²) in [6.45, 7) is -0.349. The fraction of sp³-hybridized carbons (Fsp3) is 0.125. The number of hydrogen-bond donors (Lipinski definition) is 1. The number of halogens is 4. The number of hydrogen-bond acceptors (Lipinski definition) is 3. The first-order valence-corrected chi connectivity index (χ1v) is 7.10. The van der Waals surface area contributed by atoms with Gasteiger partial charge in [0.25, 0.3) is 5.91 Å². The smallest absolute Gasteiger partial charge is 0.417 e. The quantitative estimate of drug-likeness (QED) is 0.652. The molecule has 126 valence electrons. The van der Waals surface area contributed by atoms with Gasteiger partial charge >= 0.3 is 6.18 Å². The summed E-state index contributed by atoms with van der Waals surface area (Å²) in [4.78, 5) is 11.6. The van der Waals surface area contributed by atoms with Crippen LogP contribution in [-0.2, 0) is 11.0 Å². The van der Waals surface area contributed by atoms with E-state index in [9.17, 15) is 18.0 Å². The molecule has 0 aliphatic rings. The molecule has 0 fully saturated rings. The van der Waals surface area contributed by atoms with Crippen molar-refractivity contribution in [3.63, 3.8) is 0 Å². The van der Waals surface area contributed by atoms with Gasteiger partial charge in [-0.2, -0.15) is 18.3 Å². The van der Waals surface area contributed by atoms with E-state index in [1.54, 1.807) is 18.2 Å². The Bertz CT molecular complexity index is 748. The number of carbonyl (C=O) groups is 1. The fourth-order valence-electron chi connectivity index (χ4n) is 1.78. The largest absolute Gasteiger partial charge is 0.484 e. The Labute approximate surface area is 140 Å². The second kappa shape index (κ2) is 7.83. The van der Waals surface area contributed by atoms with Crippen LogP contribution in [0, 0.1) is 0 Å². The zero-order valence-corrected chi connectivity index (χ0v) is 12.9. The van der Waals surface area contributed by atoms with Crippen molar-refractivity contribution >= 4 is 23.7 Å². The number of carbonyl (C=O) groups excluding carboxylic acids is 1. The maximum absolute atomic E-state index is 12.8. The van der Waals surface area contributed by atoms with Crippen LogP contribution < -0.4 is 10.2 Å². The second-order valence-corrected chi connectivity index (χ2v) is 5.06. The molecule has 0 bridgehead atoms. The van der Waals surface area contributed by atoms with Crippen molar-refractivity contribution in [3.05, 3.63) is 64.7 Å². The van der Waals surface area contributed by atoms with E-state index < -0.39 is 17.6 Å². The van der Waals surface area contributed by atoms with Gasteiger partial charge in [0.05, 0.1) is 11.8 Å². The van der Waals surface area contributed by atoms with Gasteiger partial charge in [0.2, 0.25) is 0 Å². The van der Waals surface area contributed by atoms with E-state index in [4.69, 9.17) is 16.3 Å². The van der Waals surface area contributed by atoms with Crippen molar-refractivity contribution in [2.75, 3.05) is 6.61 Å². The molecule has 0 aromatic heterocycles. The number of amides is 1. The fourth-order valence-corrected chi connectivity index (χ4v) is 1.96. The number of hydrazone groups is 1. The highest BCUT2D eigenvalue weighted by molar-refractivity contribution is 6.30. The van der Waals surface area contributed by atoms with E-state index in [0.29, 0.717) is 10.8 Å². The van der Waals surface area contributed by atoms with Crippen LogP contribution in [0.5, 0.6) is 5.75 Å². The lowest BCUT2D eigenvalue weighted by Gasteiger charge is -2.09. The summed E-state index contributed by atoms with van der Waals surface area (Å²) in [5.74, 6) is -0.222. The molecule has 0 heterocycles. The van der Waals surface area contributed by atoms with Crippen LogP contribution in [-0.4, -0.2) is 18.7 Å². The molecule has 24 heavy (non-hydrogen) atoms. The summed E-state index contributed by atoms with van der Waals surface area (Å²) in [7, 11) is 0. The number of nitrogens with zero attached hydrogens (tertiary/aromatic N) is 1. The highest BCUT2D eigenvalue weighted by atomic mass is 35.5.